The van der Waals surface area contributed by atoms with E-state index in [9.17, 15) is 0 Å². The third kappa shape index (κ3) is 4.87. The highest BCUT2D eigenvalue weighted by Crippen LogP contribution is 2.05. The molecular weight excluding hydrogens is 212 g/mol. The van der Waals surface area contributed by atoms with E-state index in [4.69, 9.17) is 5.73 Å². The Morgan fingerprint density at radius 3 is 2.65 bits per heavy atom. The maximum Gasteiger partial charge on any atom is 0.188 e. The zero-order chi connectivity index (χ0) is 12.7. The largest absolute Gasteiger partial charge is 0.370 e. The standard InChI is InChI=1S/C13H22N4/c1-11(9-16-13(14)15-2)17(3)10-12-7-5-4-6-8-12/h4-8,11H,9-10H2,1-3H3,(H3,14,15,16). The predicted octanol–water partition coefficient (Wildman–Crippen LogP) is 1.04. The molecule has 0 aliphatic heterocycles. The number of guanidine groups is 1. The molecule has 0 fully saturated rings. The molecule has 0 aromatic heterocycles. The Morgan fingerprint density at radius 2 is 2.06 bits per heavy atom. The van der Waals surface area contributed by atoms with Crippen molar-refractivity contribution in [3.8, 4) is 0 Å². The van der Waals surface area contributed by atoms with E-state index in [1.54, 1.807) is 7.05 Å². The average Bonchev–Trinajstić information content (AvgIpc) is 2.36. The second-order valence-electron chi connectivity index (χ2n) is 4.24. The van der Waals surface area contributed by atoms with Gasteiger partial charge in [-0.05, 0) is 19.5 Å². The summed E-state index contributed by atoms with van der Waals surface area (Å²) in [5.74, 6) is 0.491. The lowest BCUT2D eigenvalue weighted by molar-refractivity contribution is 0.249. The number of nitrogens with zero attached hydrogens (tertiary/aromatic N) is 2. The molecule has 4 heteroatoms. The molecule has 1 rings (SSSR count). The lowest BCUT2D eigenvalue weighted by atomic mass is 10.2. The van der Waals surface area contributed by atoms with E-state index in [1.165, 1.54) is 5.56 Å². The van der Waals surface area contributed by atoms with E-state index in [1.807, 2.05) is 6.07 Å². The summed E-state index contributed by atoms with van der Waals surface area (Å²) in [5, 5.41) is 3.08. The minimum atomic E-state index is 0.399. The fraction of sp³-hybridized carbons (Fsp3) is 0.462. The van der Waals surface area contributed by atoms with Crippen LogP contribution in [0.2, 0.25) is 0 Å². The highest BCUT2D eigenvalue weighted by molar-refractivity contribution is 5.77. The van der Waals surface area contributed by atoms with Crippen molar-refractivity contribution in [1.82, 2.24) is 10.2 Å². The second-order valence-corrected chi connectivity index (χ2v) is 4.24. The van der Waals surface area contributed by atoms with Crippen molar-refractivity contribution in [2.75, 3.05) is 20.6 Å². The van der Waals surface area contributed by atoms with E-state index in [-0.39, 0.29) is 0 Å². The van der Waals surface area contributed by atoms with E-state index in [0.717, 1.165) is 13.1 Å². The van der Waals surface area contributed by atoms with Gasteiger partial charge in [-0.3, -0.25) is 9.89 Å². The summed E-state index contributed by atoms with van der Waals surface area (Å²) in [5.41, 5.74) is 6.91. The van der Waals surface area contributed by atoms with Crippen LogP contribution in [0.4, 0.5) is 0 Å². The van der Waals surface area contributed by atoms with Crippen LogP contribution in [0, 0.1) is 0 Å². The van der Waals surface area contributed by atoms with Gasteiger partial charge in [0.1, 0.15) is 0 Å². The summed E-state index contributed by atoms with van der Waals surface area (Å²) < 4.78 is 0. The fourth-order valence-electron chi connectivity index (χ4n) is 1.51. The minimum Gasteiger partial charge on any atom is -0.370 e. The first-order chi connectivity index (χ1) is 8.13. The molecule has 0 spiro atoms. The van der Waals surface area contributed by atoms with Crippen LogP contribution in [0.25, 0.3) is 0 Å². The van der Waals surface area contributed by atoms with Gasteiger partial charge in [0.25, 0.3) is 0 Å². The molecule has 94 valence electrons. The van der Waals surface area contributed by atoms with Gasteiger partial charge < -0.3 is 11.1 Å². The van der Waals surface area contributed by atoms with E-state index in [0.29, 0.717) is 12.0 Å². The Labute approximate surface area is 104 Å². The van der Waals surface area contributed by atoms with Gasteiger partial charge >= 0.3 is 0 Å². The maximum absolute atomic E-state index is 5.59. The van der Waals surface area contributed by atoms with Crippen molar-refractivity contribution in [2.45, 2.75) is 19.5 Å². The van der Waals surface area contributed by atoms with E-state index >= 15 is 0 Å². The molecule has 1 aromatic carbocycles. The molecule has 0 aliphatic rings. The zero-order valence-corrected chi connectivity index (χ0v) is 10.9. The summed E-state index contributed by atoms with van der Waals surface area (Å²) in [6.45, 7) is 3.90. The maximum atomic E-state index is 5.59. The number of nitrogens with two attached hydrogens (primary N) is 1. The van der Waals surface area contributed by atoms with Gasteiger partial charge in [0, 0.05) is 26.2 Å². The van der Waals surface area contributed by atoms with Crippen LogP contribution in [-0.4, -0.2) is 37.5 Å². The zero-order valence-electron chi connectivity index (χ0n) is 10.9. The number of benzene rings is 1. The number of aliphatic imine (C=N–C) groups is 1. The lowest BCUT2D eigenvalue weighted by Gasteiger charge is -2.25. The number of hydrogen-bond donors (Lipinski definition) is 2. The van der Waals surface area contributed by atoms with Crippen LogP contribution < -0.4 is 11.1 Å². The number of hydrogen-bond acceptors (Lipinski definition) is 2. The van der Waals surface area contributed by atoms with Gasteiger partial charge in [-0.15, -0.1) is 0 Å². The second kappa shape index (κ2) is 6.91. The average molecular weight is 234 g/mol. The smallest absolute Gasteiger partial charge is 0.188 e. The third-order valence-corrected chi connectivity index (χ3v) is 2.85. The minimum absolute atomic E-state index is 0.399. The van der Waals surface area contributed by atoms with Gasteiger partial charge in [0.2, 0.25) is 0 Å². The van der Waals surface area contributed by atoms with Gasteiger partial charge in [-0.2, -0.15) is 0 Å². The monoisotopic (exact) mass is 234 g/mol. The predicted molar refractivity (Wildman–Crippen MR) is 72.9 cm³/mol. The Bertz CT molecular complexity index is 348. The quantitative estimate of drug-likeness (QED) is 0.591. The highest BCUT2D eigenvalue weighted by atomic mass is 15.2. The normalized spacial score (nSPS) is 13.8. The van der Waals surface area contributed by atoms with Crippen LogP contribution in [0.5, 0.6) is 0 Å². The van der Waals surface area contributed by atoms with Gasteiger partial charge in [-0.25, -0.2) is 0 Å². The molecule has 17 heavy (non-hydrogen) atoms. The summed E-state index contributed by atoms with van der Waals surface area (Å²) in [7, 11) is 3.79. The Morgan fingerprint density at radius 1 is 1.41 bits per heavy atom. The van der Waals surface area contributed by atoms with Crippen LogP contribution >= 0.6 is 0 Å². The molecule has 0 saturated carbocycles. The Balaban J connectivity index is 2.39. The Kier molecular flexibility index (Phi) is 5.49. The highest BCUT2D eigenvalue weighted by Gasteiger charge is 2.09. The van der Waals surface area contributed by atoms with E-state index in [2.05, 4.69) is 53.4 Å². The number of nitrogens with one attached hydrogen (secondary N) is 1. The van der Waals surface area contributed by atoms with Crippen molar-refractivity contribution in [3.05, 3.63) is 35.9 Å². The van der Waals surface area contributed by atoms with Gasteiger partial charge in [0.15, 0.2) is 5.96 Å². The van der Waals surface area contributed by atoms with Crippen molar-refractivity contribution in [1.29, 1.82) is 0 Å². The molecule has 4 nitrogen and oxygen atoms in total. The third-order valence-electron chi connectivity index (χ3n) is 2.85. The van der Waals surface area contributed by atoms with E-state index < -0.39 is 0 Å². The molecule has 0 heterocycles. The first-order valence-electron chi connectivity index (χ1n) is 5.83. The SMILES string of the molecule is CN=C(N)NCC(C)N(C)Cc1ccccc1. The molecule has 0 aliphatic carbocycles. The summed E-state index contributed by atoms with van der Waals surface area (Å²) in [6.07, 6.45) is 0. The van der Waals surface area contributed by atoms with Crippen LogP contribution in [-0.2, 0) is 6.54 Å². The summed E-state index contributed by atoms with van der Waals surface area (Å²) in [4.78, 5) is 6.15. The summed E-state index contributed by atoms with van der Waals surface area (Å²) in [6, 6.07) is 10.8. The number of likely N-dealkylation sites (N-methyl/N-ethyl adjacent to an activating group) is 1. The molecule has 0 bridgehead atoms. The summed E-state index contributed by atoms with van der Waals surface area (Å²) >= 11 is 0. The van der Waals surface area contributed by atoms with Crippen LogP contribution in [0.1, 0.15) is 12.5 Å². The molecule has 0 radical (unpaired) electrons. The molecule has 0 saturated heterocycles. The molecular formula is C13H22N4. The molecule has 1 aromatic rings. The Hall–Kier alpha value is -1.55. The van der Waals surface area contributed by atoms with Gasteiger partial charge in [0.05, 0.1) is 0 Å². The molecule has 1 atom stereocenters. The molecule has 1 unspecified atom stereocenters. The van der Waals surface area contributed by atoms with Crippen molar-refractivity contribution < 1.29 is 0 Å². The van der Waals surface area contributed by atoms with Crippen molar-refractivity contribution in [3.63, 3.8) is 0 Å². The first-order valence-corrected chi connectivity index (χ1v) is 5.83. The molecule has 3 N–H and O–H groups in total. The topological polar surface area (TPSA) is 53.6 Å². The van der Waals surface area contributed by atoms with Crippen molar-refractivity contribution in [2.24, 2.45) is 10.7 Å². The van der Waals surface area contributed by atoms with Crippen LogP contribution in [0.15, 0.2) is 35.3 Å². The van der Waals surface area contributed by atoms with Crippen molar-refractivity contribution >= 4 is 5.96 Å². The van der Waals surface area contributed by atoms with Crippen LogP contribution in [0.3, 0.4) is 0 Å². The molecule has 0 amide bonds. The fourth-order valence-corrected chi connectivity index (χ4v) is 1.51. The first kappa shape index (κ1) is 13.5. The lowest BCUT2D eigenvalue weighted by Crippen LogP contribution is -2.42. The van der Waals surface area contributed by atoms with Gasteiger partial charge in [-0.1, -0.05) is 30.3 Å². The number of rotatable bonds is 5.